The number of aliphatic hydroxyl groups excluding tert-OH is 1. The highest BCUT2D eigenvalue weighted by molar-refractivity contribution is 7.47. The van der Waals surface area contributed by atoms with Crippen molar-refractivity contribution in [3.63, 3.8) is 0 Å². The molecule has 0 aromatic heterocycles. The number of hydrogen-bond acceptors (Lipinski definition) is 10. The summed E-state index contributed by atoms with van der Waals surface area (Å²) in [4.78, 5) is 48.3. The van der Waals surface area contributed by atoms with Crippen LogP contribution in [0.1, 0.15) is 278 Å². The average Bonchev–Trinajstić information content (AvgIpc) is 3.30. The number of ether oxygens (including phenoxy) is 3. The SMILES string of the molecule is CCCCCCCC/C=C\CCCCCCCCCC(=O)OCC(COP(=O)(O)OCC(CO)OC(=O)CCCCCCCCCCCCC)OC(=O)CCCCCCCCCCCCC. The van der Waals surface area contributed by atoms with Crippen LogP contribution in [-0.2, 0) is 42.2 Å². The van der Waals surface area contributed by atoms with Gasteiger partial charge >= 0.3 is 25.7 Å². The monoisotopic (exact) mass is 959 g/mol. The molecule has 0 aliphatic heterocycles. The second-order valence-electron chi connectivity index (χ2n) is 18.8. The fraction of sp³-hybridized carbons (Fsp3) is 0.907. The van der Waals surface area contributed by atoms with Gasteiger partial charge in [-0.25, -0.2) is 4.57 Å². The van der Waals surface area contributed by atoms with Crippen LogP contribution in [-0.4, -0.2) is 66.5 Å². The van der Waals surface area contributed by atoms with Gasteiger partial charge in [0.05, 0.1) is 19.8 Å². The lowest BCUT2D eigenvalue weighted by molar-refractivity contribution is -0.161. The first kappa shape index (κ1) is 64.2. The van der Waals surface area contributed by atoms with E-state index < -0.39 is 57.8 Å². The lowest BCUT2D eigenvalue weighted by Gasteiger charge is -2.21. The van der Waals surface area contributed by atoms with Gasteiger partial charge in [-0.3, -0.25) is 23.4 Å². The van der Waals surface area contributed by atoms with Crippen LogP contribution >= 0.6 is 7.82 Å². The van der Waals surface area contributed by atoms with Gasteiger partial charge in [-0.15, -0.1) is 0 Å². The molecule has 11 nitrogen and oxygen atoms in total. The zero-order chi connectivity index (χ0) is 48.4. The standard InChI is InChI=1S/C54H103O11P/c1-4-7-10-13-16-19-22-23-24-25-26-27-30-31-34-37-40-43-52(56)61-47-51(65-54(58)45-42-39-36-33-29-21-18-15-12-9-6-3)49-63-66(59,60)62-48-50(46-55)64-53(57)44-41-38-35-32-28-20-17-14-11-8-5-2/h23-24,50-51,55H,4-22,25-49H2,1-3H3,(H,59,60)/b24-23-. The number of aliphatic hydroxyl groups is 1. The number of phosphoric acid groups is 1. The molecule has 0 aromatic rings. The zero-order valence-electron chi connectivity index (χ0n) is 42.9. The number of esters is 3. The van der Waals surface area contributed by atoms with Gasteiger partial charge in [-0.05, 0) is 44.9 Å². The van der Waals surface area contributed by atoms with E-state index in [1.54, 1.807) is 0 Å². The maximum atomic E-state index is 12.8. The summed E-state index contributed by atoms with van der Waals surface area (Å²) >= 11 is 0. The Morgan fingerprint density at radius 2 is 0.697 bits per heavy atom. The Hall–Kier alpha value is -1.78. The molecule has 0 rings (SSSR count). The van der Waals surface area contributed by atoms with Crippen LogP contribution in [0.2, 0.25) is 0 Å². The summed E-state index contributed by atoms with van der Waals surface area (Å²) in [5.74, 6) is -1.45. The summed E-state index contributed by atoms with van der Waals surface area (Å²) in [5, 5.41) is 9.77. The van der Waals surface area contributed by atoms with Crippen molar-refractivity contribution in [2.45, 2.75) is 290 Å². The molecule has 0 aliphatic rings. The molecule has 0 fully saturated rings. The van der Waals surface area contributed by atoms with E-state index in [-0.39, 0.29) is 25.9 Å². The van der Waals surface area contributed by atoms with Crippen molar-refractivity contribution >= 4 is 25.7 Å². The molecule has 0 heterocycles. The first-order chi connectivity index (χ1) is 32.2. The van der Waals surface area contributed by atoms with Crippen molar-refractivity contribution in [2.75, 3.05) is 26.4 Å². The highest BCUT2D eigenvalue weighted by atomic mass is 31.2. The minimum atomic E-state index is -4.73. The second kappa shape index (κ2) is 49.6. The van der Waals surface area contributed by atoms with Gasteiger partial charge in [0.25, 0.3) is 0 Å². The summed E-state index contributed by atoms with van der Waals surface area (Å²) in [5.41, 5.74) is 0. The van der Waals surface area contributed by atoms with Crippen LogP contribution in [0.4, 0.5) is 0 Å². The first-order valence-corrected chi connectivity index (χ1v) is 29.1. The van der Waals surface area contributed by atoms with E-state index in [1.165, 1.54) is 154 Å². The third-order valence-corrected chi connectivity index (χ3v) is 13.1. The van der Waals surface area contributed by atoms with Crippen molar-refractivity contribution in [3.8, 4) is 0 Å². The van der Waals surface area contributed by atoms with E-state index in [4.69, 9.17) is 23.3 Å². The Bertz CT molecular complexity index is 1160. The van der Waals surface area contributed by atoms with Crippen LogP contribution in [0, 0.1) is 0 Å². The van der Waals surface area contributed by atoms with E-state index in [1.807, 2.05) is 0 Å². The molecule has 390 valence electrons. The third kappa shape index (κ3) is 47.3. The van der Waals surface area contributed by atoms with Crippen molar-refractivity contribution in [1.29, 1.82) is 0 Å². The topological polar surface area (TPSA) is 155 Å². The molecule has 0 aliphatic carbocycles. The zero-order valence-corrected chi connectivity index (χ0v) is 43.8. The quantitative estimate of drug-likeness (QED) is 0.0197. The fourth-order valence-corrected chi connectivity index (χ4v) is 8.72. The van der Waals surface area contributed by atoms with E-state index in [2.05, 4.69) is 32.9 Å². The molecule has 3 atom stereocenters. The minimum Gasteiger partial charge on any atom is -0.462 e. The molecular formula is C54H103O11P. The first-order valence-electron chi connectivity index (χ1n) is 27.6. The van der Waals surface area contributed by atoms with Crippen LogP contribution in [0.5, 0.6) is 0 Å². The van der Waals surface area contributed by atoms with E-state index in [0.29, 0.717) is 19.3 Å². The lowest BCUT2D eigenvalue weighted by atomic mass is 10.1. The predicted molar refractivity (Wildman–Crippen MR) is 270 cm³/mol. The maximum Gasteiger partial charge on any atom is 0.472 e. The Labute approximate surface area is 405 Å². The van der Waals surface area contributed by atoms with Crippen LogP contribution in [0.25, 0.3) is 0 Å². The minimum absolute atomic E-state index is 0.174. The Morgan fingerprint density at radius 3 is 1.05 bits per heavy atom. The molecule has 2 N–H and O–H groups in total. The smallest absolute Gasteiger partial charge is 0.462 e. The number of hydrogen-bond donors (Lipinski definition) is 2. The molecule has 0 saturated heterocycles. The van der Waals surface area contributed by atoms with Crippen molar-refractivity contribution in [2.24, 2.45) is 0 Å². The summed E-state index contributed by atoms with van der Waals surface area (Å²) in [6, 6.07) is 0. The third-order valence-electron chi connectivity index (χ3n) is 12.2. The van der Waals surface area contributed by atoms with Crippen LogP contribution in [0.15, 0.2) is 12.2 Å². The predicted octanol–water partition coefficient (Wildman–Crippen LogP) is 15.7. The van der Waals surface area contributed by atoms with Gasteiger partial charge in [-0.1, -0.05) is 226 Å². The number of carbonyl (C=O) groups excluding carboxylic acids is 3. The van der Waals surface area contributed by atoms with Gasteiger partial charge < -0.3 is 24.2 Å². The van der Waals surface area contributed by atoms with E-state index in [9.17, 15) is 28.9 Å². The van der Waals surface area contributed by atoms with Gasteiger partial charge in [0, 0.05) is 19.3 Å². The number of unbranched alkanes of at least 4 members (excludes halogenated alkanes) is 33. The Balaban J connectivity index is 4.66. The Morgan fingerprint density at radius 1 is 0.409 bits per heavy atom. The lowest BCUT2D eigenvalue weighted by Crippen LogP contribution is -2.30. The number of carbonyl (C=O) groups is 3. The highest BCUT2D eigenvalue weighted by Gasteiger charge is 2.28. The fourth-order valence-electron chi connectivity index (χ4n) is 7.94. The molecule has 0 bridgehead atoms. The Kier molecular flexibility index (Phi) is 48.3. The van der Waals surface area contributed by atoms with Gasteiger partial charge in [-0.2, -0.15) is 0 Å². The summed E-state index contributed by atoms with van der Waals surface area (Å²) in [6.07, 6.45) is 46.0. The van der Waals surface area contributed by atoms with Gasteiger partial charge in [0.1, 0.15) is 12.7 Å². The molecule has 0 radical (unpaired) electrons. The normalized spacial score (nSPS) is 13.5. The number of phosphoric ester groups is 1. The molecule has 0 spiro atoms. The van der Waals surface area contributed by atoms with Crippen molar-refractivity contribution < 1.29 is 52.2 Å². The molecule has 66 heavy (non-hydrogen) atoms. The van der Waals surface area contributed by atoms with Crippen molar-refractivity contribution in [3.05, 3.63) is 12.2 Å². The van der Waals surface area contributed by atoms with Crippen molar-refractivity contribution in [1.82, 2.24) is 0 Å². The molecule has 0 aromatic carbocycles. The number of allylic oxidation sites excluding steroid dienone is 2. The van der Waals surface area contributed by atoms with Gasteiger partial charge in [0.2, 0.25) is 0 Å². The average molecular weight is 959 g/mol. The summed E-state index contributed by atoms with van der Waals surface area (Å²) in [7, 11) is -4.73. The van der Waals surface area contributed by atoms with Gasteiger partial charge in [0.15, 0.2) is 6.10 Å². The van der Waals surface area contributed by atoms with E-state index in [0.717, 1.165) is 64.2 Å². The highest BCUT2D eigenvalue weighted by Crippen LogP contribution is 2.43. The molecule has 0 saturated carbocycles. The largest absolute Gasteiger partial charge is 0.472 e. The molecule has 0 amide bonds. The second-order valence-corrected chi connectivity index (χ2v) is 20.2. The summed E-state index contributed by atoms with van der Waals surface area (Å²) in [6.45, 7) is 4.65. The van der Waals surface area contributed by atoms with Crippen LogP contribution in [0.3, 0.4) is 0 Å². The molecule has 3 unspecified atom stereocenters. The number of rotatable bonds is 52. The van der Waals surface area contributed by atoms with E-state index >= 15 is 0 Å². The maximum absolute atomic E-state index is 12.8. The molecule has 12 heteroatoms. The van der Waals surface area contributed by atoms with Crippen LogP contribution < -0.4 is 0 Å². The molecular weight excluding hydrogens is 856 g/mol. The summed E-state index contributed by atoms with van der Waals surface area (Å²) < 4.78 is 39.4.